The molecule has 1 N–H and O–H groups in total. The van der Waals surface area contributed by atoms with E-state index in [1.54, 1.807) is 18.0 Å². The first-order valence-corrected chi connectivity index (χ1v) is 7.16. The largest absolute Gasteiger partial charge is 0.354 e. The van der Waals surface area contributed by atoms with Crippen LogP contribution in [0.15, 0.2) is 26.8 Å². The second-order valence-corrected chi connectivity index (χ2v) is 5.59. The van der Waals surface area contributed by atoms with Gasteiger partial charge < -0.3 is 5.32 Å². The van der Waals surface area contributed by atoms with Gasteiger partial charge in [-0.25, -0.2) is 9.97 Å². The third kappa shape index (κ3) is 3.02. The SMILES string of the molecule is CCNc1ncc(Br)c(Sc2cc(C)nn2C)n1. The summed E-state index contributed by atoms with van der Waals surface area (Å²) < 4.78 is 2.73. The minimum Gasteiger partial charge on any atom is -0.354 e. The van der Waals surface area contributed by atoms with Crippen LogP contribution < -0.4 is 5.32 Å². The van der Waals surface area contributed by atoms with Crippen molar-refractivity contribution in [3.8, 4) is 0 Å². The summed E-state index contributed by atoms with van der Waals surface area (Å²) >= 11 is 5.03. The van der Waals surface area contributed by atoms with Gasteiger partial charge in [-0.05, 0) is 47.6 Å². The molecule has 0 aromatic carbocycles. The maximum atomic E-state index is 4.46. The summed E-state index contributed by atoms with van der Waals surface area (Å²) in [6.45, 7) is 4.79. The van der Waals surface area contributed by atoms with Crippen molar-refractivity contribution in [2.75, 3.05) is 11.9 Å². The standard InChI is InChI=1S/C11H14BrN5S/c1-4-13-11-14-6-8(12)10(15-11)18-9-5-7(2)16-17(9)3/h5-6H,4H2,1-3H3,(H,13,14,15). The number of aryl methyl sites for hydroxylation is 2. The van der Waals surface area contributed by atoms with Crippen molar-refractivity contribution in [2.24, 2.45) is 7.05 Å². The lowest BCUT2D eigenvalue weighted by Crippen LogP contribution is -2.02. The van der Waals surface area contributed by atoms with Crippen molar-refractivity contribution in [3.63, 3.8) is 0 Å². The van der Waals surface area contributed by atoms with E-state index in [1.165, 1.54) is 0 Å². The van der Waals surface area contributed by atoms with Gasteiger partial charge in [0.15, 0.2) is 0 Å². The van der Waals surface area contributed by atoms with Crippen molar-refractivity contribution in [1.29, 1.82) is 0 Å². The van der Waals surface area contributed by atoms with Gasteiger partial charge in [-0.1, -0.05) is 0 Å². The van der Waals surface area contributed by atoms with E-state index in [1.807, 2.05) is 31.6 Å². The number of rotatable bonds is 4. The fourth-order valence-electron chi connectivity index (χ4n) is 1.45. The third-order valence-corrected chi connectivity index (χ3v) is 4.15. The average molecular weight is 328 g/mol. The zero-order valence-electron chi connectivity index (χ0n) is 10.4. The zero-order chi connectivity index (χ0) is 13.1. The number of nitrogens with one attached hydrogen (secondary N) is 1. The van der Waals surface area contributed by atoms with Crippen LogP contribution in [0.3, 0.4) is 0 Å². The Kier molecular flexibility index (Phi) is 4.23. The molecule has 0 radical (unpaired) electrons. The molecule has 5 nitrogen and oxygen atoms in total. The van der Waals surface area contributed by atoms with E-state index in [9.17, 15) is 0 Å². The lowest BCUT2D eigenvalue weighted by Gasteiger charge is -2.06. The summed E-state index contributed by atoms with van der Waals surface area (Å²) in [5.74, 6) is 0.641. The van der Waals surface area contributed by atoms with Gasteiger partial charge >= 0.3 is 0 Å². The number of anilines is 1. The van der Waals surface area contributed by atoms with Gasteiger partial charge in [-0.2, -0.15) is 5.10 Å². The van der Waals surface area contributed by atoms with Crippen LogP contribution in [0.4, 0.5) is 5.95 Å². The number of hydrogen-bond acceptors (Lipinski definition) is 5. The molecule has 0 unspecified atom stereocenters. The highest BCUT2D eigenvalue weighted by Gasteiger charge is 2.10. The highest BCUT2D eigenvalue weighted by atomic mass is 79.9. The van der Waals surface area contributed by atoms with Crippen LogP contribution in [-0.4, -0.2) is 26.3 Å². The molecule has 0 aliphatic carbocycles. The molecule has 0 amide bonds. The van der Waals surface area contributed by atoms with Crippen LogP contribution in [0.1, 0.15) is 12.6 Å². The molecule has 0 atom stereocenters. The van der Waals surface area contributed by atoms with Gasteiger partial charge in [0.05, 0.1) is 10.2 Å². The second kappa shape index (κ2) is 5.71. The highest BCUT2D eigenvalue weighted by Crippen LogP contribution is 2.32. The summed E-state index contributed by atoms with van der Waals surface area (Å²) in [5, 5.41) is 9.35. The van der Waals surface area contributed by atoms with Crippen LogP contribution in [0.25, 0.3) is 0 Å². The van der Waals surface area contributed by atoms with Gasteiger partial charge in [-0.15, -0.1) is 0 Å². The predicted molar refractivity (Wildman–Crippen MR) is 76.0 cm³/mol. The Morgan fingerprint density at radius 2 is 2.28 bits per heavy atom. The molecule has 0 fully saturated rings. The van der Waals surface area contributed by atoms with E-state index in [0.29, 0.717) is 5.95 Å². The van der Waals surface area contributed by atoms with Crippen molar-refractivity contribution in [1.82, 2.24) is 19.7 Å². The van der Waals surface area contributed by atoms with E-state index in [2.05, 4.69) is 36.3 Å². The molecule has 96 valence electrons. The fourth-order valence-corrected chi connectivity index (χ4v) is 2.76. The van der Waals surface area contributed by atoms with Crippen LogP contribution in [0.5, 0.6) is 0 Å². The molecular weight excluding hydrogens is 314 g/mol. The summed E-state index contributed by atoms with van der Waals surface area (Å²) in [5.41, 5.74) is 0.997. The normalized spacial score (nSPS) is 10.7. The van der Waals surface area contributed by atoms with Crippen LogP contribution in [0.2, 0.25) is 0 Å². The summed E-state index contributed by atoms with van der Waals surface area (Å²) in [7, 11) is 1.93. The van der Waals surface area contributed by atoms with Gasteiger partial charge in [0.25, 0.3) is 0 Å². The lowest BCUT2D eigenvalue weighted by atomic mass is 10.5. The molecule has 2 heterocycles. The van der Waals surface area contributed by atoms with E-state index < -0.39 is 0 Å². The smallest absolute Gasteiger partial charge is 0.223 e. The Hall–Kier alpha value is -1.08. The maximum Gasteiger partial charge on any atom is 0.223 e. The van der Waals surface area contributed by atoms with E-state index in [4.69, 9.17) is 0 Å². The molecule has 0 aliphatic rings. The molecule has 0 aliphatic heterocycles. The molecule has 7 heteroatoms. The first kappa shape index (κ1) is 13.4. The molecule has 0 saturated carbocycles. The second-order valence-electron chi connectivity index (χ2n) is 3.73. The first-order chi connectivity index (χ1) is 8.60. The molecule has 0 bridgehead atoms. The van der Waals surface area contributed by atoms with Crippen molar-refractivity contribution in [2.45, 2.75) is 23.9 Å². The molecular formula is C11H14BrN5S. The van der Waals surface area contributed by atoms with E-state index in [0.717, 1.165) is 26.8 Å². The van der Waals surface area contributed by atoms with E-state index in [-0.39, 0.29) is 0 Å². The number of aromatic nitrogens is 4. The predicted octanol–water partition coefficient (Wildman–Crippen LogP) is 2.86. The van der Waals surface area contributed by atoms with Crippen molar-refractivity contribution < 1.29 is 0 Å². The minimum atomic E-state index is 0.641. The first-order valence-electron chi connectivity index (χ1n) is 5.55. The van der Waals surface area contributed by atoms with Crippen LogP contribution >= 0.6 is 27.7 Å². The quantitative estimate of drug-likeness (QED) is 0.875. The Balaban J connectivity index is 2.27. The topological polar surface area (TPSA) is 55.6 Å². The number of hydrogen-bond donors (Lipinski definition) is 1. The Morgan fingerprint density at radius 1 is 1.50 bits per heavy atom. The van der Waals surface area contributed by atoms with Gasteiger partial charge in [0, 0.05) is 19.8 Å². The van der Waals surface area contributed by atoms with Gasteiger partial charge in [-0.3, -0.25) is 4.68 Å². The fraction of sp³-hybridized carbons (Fsp3) is 0.364. The molecule has 2 rings (SSSR count). The summed E-state index contributed by atoms with van der Waals surface area (Å²) in [6, 6.07) is 2.03. The maximum absolute atomic E-state index is 4.46. The molecule has 2 aromatic heterocycles. The van der Waals surface area contributed by atoms with Gasteiger partial charge in [0.2, 0.25) is 5.95 Å². The van der Waals surface area contributed by atoms with Gasteiger partial charge in [0.1, 0.15) is 10.1 Å². The molecule has 0 spiro atoms. The third-order valence-electron chi connectivity index (χ3n) is 2.21. The Bertz CT molecular complexity index is 554. The minimum absolute atomic E-state index is 0.641. The highest BCUT2D eigenvalue weighted by molar-refractivity contribution is 9.10. The lowest BCUT2D eigenvalue weighted by molar-refractivity contribution is 0.692. The number of nitrogens with zero attached hydrogens (tertiary/aromatic N) is 4. The monoisotopic (exact) mass is 327 g/mol. The van der Waals surface area contributed by atoms with Crippen molar-refractivity contribution in [3.05, 3.63) is 22.4 Å². The van der Waals surface area contributed by atoms with Crippen LogP contribution in [0, 0.1) is 6.92 Å². The summed E-state index contributed by atoms with van der Waals surface area (Å²) in [6.07, 6.45) is 1.76. The van der Waals surface area contributed by atoms with Crippen molar-refractivity contribution >= 4 is 33.6 Å². The average Bonchev–Trinajstić information content (AvgIpc) is 2.62. The molecule has 18 heavy (non-hydrogen) atoms. The Morgan fingerprint density at radius 3 is 2.89 bits per heavy atom. The molecule has 0 saturated heterocycles. The zero-order valence-corrected chi connectivity index (χ0v) is 12.8. The van der Waals surface area contributed by atoms with Crippen LogP contribution in [-0.2, 0) is 7.05 Å². The molecule has 2 aromatic rings. The Labute approximate surface area is 119 Å². The summed E-state index contributed by atoms with van der Waals surface area (Å²) in [4.78, 5) is 8.65. The number of halogens is 1. The van der Waals surface area contributed by atoms with E-state index >= 15 is 0 Å².